The Labute approximate surface area is 203 Å². The SMILES string of the molecule is C=CC(C=C)OCCCCOc1ccc(C=Cc2ccc(C=Cc3ccc(O)cc3)cc2)cc1. The Kier molecular flexibility index (Phi) is 9.97. The lowest BCUT2D eigenvalue weighted by atomic mass is 10.1. The van der Waals surface area contributed by atoms with Crippen LogP contribution in [0, 0.1) is 0 Å². The molecule has 0 fully saturated rings. The summed E-state index contributed by atoms with van der Waals surface area (Å²) in [6.07, 6.45) is 13.6. The minimum Gasteiger partial charge on any atom is -0.508 e. The van der Waals surface area contributed by atoms with Crippen LogP contribution >= 0.6 is 0 Å². The van der Waals surface area contributed by atoms with Crippen LogP contribution in [0.3, 0.4) is 0 Å². The van der Waals surface area contributed by atoms with E-state index in [-0.39, 0.29) is 11.9 Å². The summed E-state index contributed by atoms with van der Waals surface area (Å²) in [6.45, 7) is 8.76. The summed E-state index contributed by atoms with van der Waals surface area (Å²) in [5, 5.41) is 9.36. The molecule has 3 heteroatoms. The molecule has 3 nitrogen and oxygen atoms in total. The molecule has 1 N–H and O–H groups in total. The molecule has 0 heterocycles. The molecule has 0 bridgehead atoms. The van der Waals surface area contributed by atoms with Crippen molar-refractivity contribution in [3.8, 4) is 11.5 Å². The zero-order valence-electron chi connectivity index (χ0n) is 19.5. The van der Waals surface area contributed by atoms with Gasteiger partial charge in [-0.1, -0.05) is 85.0 Å². The highest BCUT2D eigenvalue weighted by molar-refractivity contribution is 5.73. The molecule has 0 atom stereocenters. The van der Waals surface area contributed by atoms with Crippen LogP contribution in [-0.2, 0) is 4.74 Å². The van der Waals surface area contributed by atoms with Crippen molar-refractivity contribution >= 4 is 24.3 Å². The van der Waals surface area contributed by atoms with Crippen molar-refractivity contribution < 1.29 is 14.6 Å². The first kappa shape index (κ1) is 24.8. The molecular formula is C31H32O3. The van der Waals surface area contributed by atoms with Gasteiger partial charge in [0.2, 0.25) is 0 Å². The third-order valence-electron chi connectivity index (χ3n) is 5.23. The fourth-order valence-corrected chi connectivity index (χ4v) is 3.21. The standard InChI is InChI=1S/C31H32O3/c1-3-30(4-2)33-23-5-6-24-34-31-21-17-28(18-22-31)14-12-26-9-7-25(8-10-26)11-13-27-15-19-29(32)20-16-27/h3-4,7-22,30,32H,1-2,5-6,23-24H2. The van der Waals surface area contributed by atoms with E-state index in [0.29, 0.717) is 13.2 Å². The van der Waals surface area contributed by atoms with E-state index in [1.807, 2.05) is 30.3 Å². The number of ether oxygens (including phenoxy) is 2. The van der Waals surface area contributed by atoms with Crippen molar-refractivity contribution in [2.75, 3.05) is 13.2 Å². The summed E-state index contributed by atoms with van der Waals surface area (Å²) in [5.41, 5.74) is 4.43. The zero-order valence-corrected chi connectivity index (χ0v) is 19.5. The summed E-state index contributed by atoms with van der Waals surface area (Å²) >= 11 is 0. The first-order chi connectivity index (χ1) is 16.7. The third kappa shape index (κ3) is 8.61. The Hall–Kier alpha value is -3.82. The van der Waals surface area contributed by atoms with Crippen LogP contribution in [-0.4, -0.2) is 24.4 Å². The highest BCUT2D eigenvalue weighted by Crippen LogP contribution is 2.17. The van der Waals surface area contributed by atoms with Crippen LogP contribution in [0.25, 0.3) is 24.3 Å². The van der Waals surface area contributed by atoms with Gasteiger partial charge >= 0.3 is 0 Å². The summed E-state index contributed by atoms with van der Waals surface area (Å²) in [7, 11) is 0. The van der Waals surface area contributed by atoms with Crippen molar-refractivity contribution in [2.24, 2.45) is 0 Å². The van der Waals surface area contributed by atoms with Gasteiger partial charge in [-0.3, -0.25) is 0 Å². The minimum atomic E-state index is -0.0761. The number of phenolic OH excluding ortho intramolecular Hbond substituents is 1. The molecule has 3 rings (SSSR count). The van der Waals surface area contributed by atoms with E-state index >= 15 is 0 Å². The molecule has 3 aromatic rings. The molecule has 0 saturated heterocycles. The van der Waals surface area contributed by atoms with Gasteiger partial charge in [0, 0.05) is 6.61 Å². The Morgan fingerprint density at radius 3 is 1.50 bits per heavy atom. The van der Waals surface area contributed by atoms with Gasteiger partial charge in [0.1, 0.15) is 11.5 Å². The average Bonchev–Trinajstić information content (AvgIpc) is 2.88. The zero-order chi connectivity index (χ0) is 24.0. The van der Waals surface area contributed by atoms with E-state index < -0.39 is 0 Å². The molecule has 0 unspecified atom stereocenters. The predicted molar refractivity (Wildman–Crippen MR) is 144 cm³/mol. The monoisotopic (exact) mass is 452 g/mol. The minimum absolute atomic E-state index is 0.0761. The van der Waals surface area contributed by atoms with Crippen LogP contribution in [0.15, 0.2) is 98.1 Å². The van der Waals surface area contributed by atoms with Crippen molar-refractivity contribution in [3.05, 3.63) is 120 Å². The Balaban J connectivity index is 1.41. The maximum Gasteiger partial charge on any atom is 0.119 e. The van der Waals surface area contributed by atoms with E-state index in [2.05, 4.69) is 67.8 Å². The van der Waals surface area contributed by atoms with Crippen LogP contribution in [0.4, 0.5) is 0 Å². The summed E-state index contributed by atoms with van der Waals surface area (Å²) in [5.74, 6) is 1.15. The second kappa shape index (κ2) is 13.7. The number of rotatable bonds is 13. The molecule has 0 spiro atoms. The number of aromatic hydroxyl groups is 1. The number of unbranched alkanes of at least 4 members (excludes halogenated alkanes) is 1. The largest absolute Gasteiger partial charge is 0.508 e. The van der Waals surface area contributed by atoms with Gasteiger partial charge in [0.05, 0.1) is 12.7 Å². The smallest absolute Gasteiger partial charge is 0.119 e. The second-order valence-corrected chi connectivity index (χ2v) is 7.86. The molecular weight excluding hydrogens is 420 g/mol. The molecule has 0 aromatic heterocycles. The molecule has 34 heavy (non-hydrogen) atoms. The maximum atomic E-state index is 9.36. The van der Waals surface area contributed by atoms with E-state index in [4.69, 9.17) is 9.47 Å². The second-order valence-electron chi connectivity index (χ2n) is 7.86. The van der Waals surface area contributed by atoms with Crippen molar-refractivity contribution in [1.82, 2.24) is 0 Å². The topological polar surface area (TPSA) is 38.7 Å². The third-order valence-corrected chi connectivity index (χ3v) is 5.23. The Morgan fingerprint density at radius 1 is 0.618 bits per heavy atom. The molecule has 174 valence electrons. The van der Waals surface area contributed by atoms with Crippen LogP contribution < -0.4 is 4.74 Å². The summed E-state index contributed by atoms with van der Waals surface area (Å²) in [6, 6.07) is 23.6. The fourth-order valence-electron chi connectivity index (χ4n) is 3.21. The number of hydrogen-bond acceptors (Lipinski definition) is 3. The van der Waals surface area contributed by atoms with E-state index in [1.54, 1.807) is 24.3 Å². The lowest BCUT2D eigenvalue weighted by Crippen LogP contribution is -2.08. The van der Waals surface area contributed by atoms with Gasteiger partial charge in [-0.05, 0) is 59.4 Å². The van der Waals surface area contributed by atoms with E-state index in [9.17, 15) is 5.11 Å². The maximum absolute atomic E-state index is 9.36. The molecule has 0 amide bonds. The van der Waals surface area contributed by atoms with Gasteiger partial charge in [0.25, 0.3) is 0 Å². The Bertz CT molecular complexity index is 1070. The number of benzene rings is 3. The van der Waals surface area contributed by atoms with Crippen molar-refractivity contribution in [3.63, 3.8) is 0 Å². The van der Waals surface area contributed by atoms with Gasteiger partial charge in [-0.2, -0.15) is 0 Å². The molecule has 0 aliphatic heterocycles. The van der Waals surface area contributed by atoms with Crippen LogP contribution in [0.1, 0.15) is 35.1 Å². The van der Waals surface area contributed by atoms with Gasteiger partial charge < -0.3 is 14.6 Å². The quantitative estimate of drug-likeness (QED) is 0.164. The predicted octanol–water partition coefficient (Wildman–Crippen LogP) is 7.65. The first-order valence-corrected chi connectivity index (χ1v) is 11.5. The fraction of sp³-hybridized carbons (Fsp3) is 0.161. The van der Waals surface area contributed by atoms with E-state index in [1.165, 1.54) is 0 Å². The summed E-state index contributed by atoms with van der Waals surface area (Å²) in [4.78, 5) is 0. The lowest BCUT2D eigenvalue weighted by molar-refractivity contribution is 0.109. The van der Waals surface area contributed by atoms with E-state index in [0.717, 1.165) is 40.8 Å². The molecule has 0 aliphatic rings. The Morgan fingerprint density at radius 2 is 1.03 bits per heavy atom. The van der Waals surface area contributed by atoms with Gasteiger partial charge in [-0.25, -0.2) is 0 Å². The molecule has 3 aromatic carbocycles. The molecule has 0 aliphatic carbocycles. The number of hydrogen-bond donors (Lipinski definition) is 1. The van der Waals surface area contributed by atoms with Crippen LogP contribution in [0.5, 0.6) is 11.5 Å². The highest BCUT2D eigenvalue weighted by atomic mass is 16.5. The van der Waals surface area contributed by atoms with Crippen molar-refractivity contribution in [2.45, 2.75) is 18.9 Å². The lowest BCUT2D eigenvalue weighted by Gasteiger charge is -2.09. The van der Waals surface area contributed by atoms with Gasteiger partial charge in [-0.15, -0.1) is 13.2 Å². The van der Waals surface area contributed by atoms with Crippen molar-refractivity contribution in [1.29, 1.82) is 0 Å². The van der Waals surface area contributed by atoms with Gasteiger partial charge in [0.15, 0.2) is 0 Å². The number of phenols is 1. The summed E-state index contributed by atoms with van der Waals surface area (Å²) < 4.78 is 11.4. The average molecular weight is 453 g/mol. The highest BCUT2D eigenvalue weighted by Gasteiger charge is 1.99. The normalized spacial score (nSPS) is 11.3. The van der Waals surface area contributed by atoms with Crippen LogP contribution in [0.2, 0.25) is 0 Å². The first-order valence-electron chi connectivity index (χ1n) is 11.5. The molecule has 0 radical (unpaired) electrons. The molecule has 0 saturated carbocycles.